The Kier molecular flexibility index (Phi) is 5.65. The number of carbonyl (C=O) groups is 1. The number of amides is 2. The molecule has 2 heterocycles. The molecule has 3 N–H and O–H groups in total. The second-order valence-corrected chi connectivity index (χ2v) is 6.80. The molecule has 1 aromatic carbocycles. The van der Waals surface area contributed by atoms with Crippen molar-refractivity contribution >= 4 is 39.2 Å². The zero-order chi connectivity index (χ0) is 18.5. The highest BCUT2D eigenvalue weighted by Crippen LogP contribution is 2.31. The van der Waals surface area contributed by atoms with Crippen molar-refractivity contribution in [2.75, 3.05) is 28.6 Å². The highest BCUT2D eigenvalue weighted by atomic mass is 79.9. The van der Waals surface area contributed by atoms with Gasteiger partial charge in [0.25, 0.3) is 0 Å². The van der Waals surface area contributed by atoms with E-state index in [0.717, 1.165) is 29.5 Å². The van der Waals surface area contributed by atoms with E-state index in [0.29, 0.717) is 12.2 Å². The van der Waals surface area contributed by atoms with Gasteiger partial charge < -0.3 is 15.3 Å². The fourth-order valence-corrected chi connectivity index (χ4v) is 3.14. The third-order valence-electron chi connectivity index (χ3n) is 3.95. The van der Waals surface area contributed by atoms with Crippen molar-refractivity contribution in [1.82, 2.24) is 9.97 Å². The molecule has 9 heteroatoms. The number of urea groups is 1. The SMILES string of the molecule is N#Cc1cnc(NC(=O)Nc2cc(Br)ccc2N2CCC[C@H](O)C2)cn1. The Morgan fingerprint density at radius 1 is 1.35 bits per heavy atom. The number of piperidine rings is 1. The van der Waals surface area contributed by atoms with E-state index >= 15 is 0 Å². The van der Waals surface area contributed by atoms with E-state index in [9.17, 15) is 9.90 Å². The normalized spacial score (nSPS) is 16.7. The number of nitriles is 1. The van der Waals surface area contributed by atoms with Gasteiger partial charge in [-0.2, -0.15) is 5.26 Å². The summed E-state index contributed by atoms with van der Waals surface area (Å²) in [6.45, 7) is 1.34. The van der Waals surface area contributed by atoms with Gasteiger partial charge in [0.15, 0.2) is 11.5 Å². The van der Waals surface area contributed by atoms with Gasteiger partial charge in [0.1, 0.15) is 6.07 Å². The zero-order valence-corrected chi connectivity index (χ0v) is 15.4. The molecule has 0 spiro atoms. The summed E-state index contributed by atoms with van der Waals surface area (Å²) in [6, 6.07) is 7.00. The number of hydrogen-bond acceptors (Lipinski definition) is 6. The summed E-state index contributed by atoms with van der Waals surface area (Å²) in [5.74, 6) is 0.242. The van der Waals surface area contributed by atoms with Crippen LogP contribution in [0.5, 0.6) is 0 Å². The lowest BCUT2D eigenvalue weighted by atomic mass is 10.1. The van der Waals surface area contributed by atoms with Crippen LogP contribution in [-0.2, 0) is 0 Å². The molecule has 1 saturated heterocycles. The van der Waals surface area contributed by atoms with Crippen molar-refractivity contribution in [2.24, 2.45) is 0 Å². The molecule has 0 bridgehead atoms. The maximum atomic E-state index is 12.3. The van der Waals surface area contributed by atoms with Gasteiger partial charge in [0.2, 0.25) is 0 Å². The Bertz CT molecular complexity index is 836. The summed E-state index contributed by atoms with van der Waals surface area (Å²) in [6.07, 6.45) is 3.91. The second kappa shape index (κ2) is 8.12. The van der Waals surface area contributed by atoms with Crippen LogP contribution < -0.4 is 15.5 Å². The number of β-amino-alcohol motifs (C(OH)–C–C–N with tert-alkyl or cyclic N) is 1. The molecule has 0 unspecified atom stereocenters. The van der Waals surface area contributed by atoms with Gasteiger partial charge in [-0.1, -0.05) is 15.9 Å². The van der Waals surface area contributed by atoms with Crippen LogP contribution in [0, 0.1) is 11.3 Å². The number of halogens is 1. The van der Waals surface area contributed by atoms with E-state index in [-0.39, 0.29) is 17.6 Å². The van der Waals surface area contributed by atoms with Crippen LogP contribution >= 0.6 is 15.9 Å². The van der Waals surface area contributed by atoms with Gasteiger partial charge in [-0.3, -0.25) is 5.32 Å². The summed E-state index contributed by atoms with van der Waals surface area (Å²) in [4.78, 5) is 22.2. The Labute approximate surface area is 159 Å². The van der Waals surface area contributed by atoms with Crippen LogP contribution in [0.3, 0.4) is 0 Å². The van der Waals surface area contributed by atoms with Gasteiger partial charge >= 0.3 is 6.03 Å². The minimum absolute atomic E-state index is 0.175. The molecule has 1 aliphatic rings. The highest BCUT2D eigenvalue weighted by molar-refractivity contribution is 9.10. The summed E-state index contributed by atoms with van der Waals surface area (Å²) in [5, 5.41) is 24.0. The monoisotopic (exact) mass is 416 g/mol. The van der Waals surface area contributed by atoms with E-state index < -0.39 is 6.03 Å². The van der Waals surface area contributed by atoms with Crippen molar-refractivity contribution in [3.05, 3.63) is 40.8 Å². The molecule has 1 aliphatic heterocycles. The summed E-state index contributed by atoms with van der Waals surface area (Å²) in [5.41, 5.74) is 1.63. The van der Waals surface area contributed by atoms with E-state index in [2.05, 4.69) is 41.4 Å². The van der Waals surface area contributed by atoms with Crippen LogP contribution in [0.2, 0.25) is 0 Å². The van der Waals surface area contributed by atoms with Crippen LogP contribution in [0.4, 0.5) is 22.0 Å². The molecule has 3 rings (SSSR count). The molecule has 134 valence electrons. The summed E-state index contributed by atoms with van der Waals surface area (Å²) in [7, 11) is 0. The minimum atomic E-state index is -0.471. The Hall–Kier alpha value is -2.70. The number of carbonyl (C=O) groups excluding carboxylic acids is 1. The number of aliphatic hydroxyl groups excluding tert-OH is 1. The van der Waals surface area contributed by atoms with Gasteiger partial charge in [0.05, 0.1) is 29.9 Å². The molecular weight excluding hydrogens is 400 g/mol. The molecule has 0 radical (unpaired) electrons. The Balaban J connectivity index is 1.74. The zero-order valence-electron chi connectivity index (χ0n) is 13.8. The van der Waals surface area contributed by atoms with Crippen molar-refractivity contribution in [3.8, 4) is 6.07 Å². The molecule has 2 aromatic rings. The average Bonchev–Trinajstić information content (AvgIpc) is 2.62. The van der Waals surface area contributed by atoms with Gasteiger partial charge in [-0.15, -0.1) is 0 Å². The van der Waals surface area contributed by atoms with Crippen LogP contribution in [0.1, 0.15) is 18.5 Å². The standard InChI is InChI=1S/C17H17BrN6O2/c18-11-3-4-15(24-5-1-2-13(25)10-24)14(6-11)22-17(26)23-16-9-20-12(7-19)8-21-16/h3-4,6,8-9,13,25H,1-2,5,10H2,(H2,21,22,23,26)/t13-/m0/s1. The predicted molar refractivity (Wildman–Crippen MR) is 101 cm³/mol. The number of aliphatic hydroxyl groups is 1. The Morgan fingerprint density at radius 2 is 2.19 bits per heavy atom. The van der Waals surface area contributed by atoms with E-state index in [1.165, 1.54) is 12.4 Å². The third-order valence-corrected chi connectivity index (χ3v) is 4.45. The first kappa shape index (κ1) is 18.1. The largest absolute Gasteiger partial charge is 0.391 e. The lowest BCUT2D eigenvalue weighted by Gasteiger charge is -2.33. The third kappa shape index (κ3) is 4.47. The van der Waals surface area contributed by atoms with Gasteiger partial charge in [-0.05, 0) is 31.0 Å². The molecule has 26 heavy (non-hydrogen) atoms. The Morgan fingerprint density at radius 3 is 2.88 bits per heavy atom. The minimum Gasteiger partial charge on any atom is -0.391 e. The topological polar surface area (TPSA) is 114 Å². The van der Waals surface area contributed by atoms with Crippen LogP contribution in [0.25, 0.3) is 0 Å². The van der Waals surface area contributed by atoms with Gasteiger partial charge in [0, 0.05) is 17.6 Å². The molecule has 1 fully saturated rings. The maximum Gasteiger partial charge on any atom is 0.324 e. The molecule has 2 amide bonds. The molecule has 1 atom stereocenters. The van der Waals surface area contributed by atoms with E-state index in [1.807, 2.05) is 18.2 Å². The van der Waals surface area contributed by atoms with Crippen LogP contribution in [-0.4, -0.2) is 40.3 Å². The summed E-state index contributed by atoms with van der Waals surface area (Å²) < 4.78 is 0.826. The fourth-order valence-electron chi connectivity index (χ4n) is 2.78. The number of benzene rings is 1. The second-order valence-electron chi connectivity index (χ2n) is 5.88. The highest BCUT2D eigenvalue weighted by Gasteiger charge is 2.21. The van der Waals surface area contributed by atoms with Crippen molar-refractivity contribution in [3.63, 3.8) is 0 Å². The number of nitrogens with zero attached hydrogens (tertiary/aromatic N) is 4. The molecule has 1 aromatic heterocycles. The van der Waals surface area contributed by atoms with E-state index in [4.69, 9.17) is 5.26 Å². The summed E-state index contributed by atoms with van der Waals surface area (Å²) >= 11 is 3.41. The first-order chi connectivity index (χ1) is 12.5. The fraction of sp³-hybridized carbons (Fsp3) is 0.294. The quantitative estimate of drug-likeness (QED) is 0.708. The van der Waals surface area contributed by atoms with Crippen LogP contribution in [0.15, 0.2) is 35.1 Å². The molecule has 0 saturated carbocycles. The average molecular weight is 417 g/mol. The van der Waals surface area contributed by atoms with Crippen molar-refractivity contribution < 1.29 is 9.90 Å². The first-order valence-corrected chi connectivity index (χ1v) is 8.87. The number of anilines is 3. The maximum absolute atomic E-state index is 12.3. The van der Waals surface area contributed by atoms with E-state index in [1.54, 1.807) is 6.07 Å². The number of rotatable bonds is 3. The molecular formula is C17H17BrN6O2. The number of hydrogen-bond donors (Lipinski definition) is 3. The smallest absolute Gasteiger partial charge is 0.324 e. The lowest BCUT2D eigenvalue weighted by molar-refractivity contribution is 0.154. The van der Waals surface area contributed by atoms with Crippen molar-refractivity contribution in [1.29, 1.82) is 5.26 Å². The molecule has 0 aliphatic carbocycles. The predicted octanol–water partition coefficient (Wildman–Crippen LogP) is 2.72. The molecule has 8 nitrogen and oxygen atoms in total. The first-order valence-electron chi connectivity index (χ1n) is 8.08. The van der Waals surface area contributed by atoms with Crippen molar-refractivity contribution in [2.45, 2.75) is 18.9 Å². The van der Waals surface area contributed by atoms with Gasteiger partial charge in [-0.25, -0.2) is 14.8 Å². The number of aromatic nitrogens is 2. The number of nitrogens with one attached hydrogen (secondary N) is 2. The lowest BCUT2D eigenvalue weighted by Crippen LogP contribution is -2.38.